The van der Waals surface area contributed by atoms with E-state index in [1.165, 1.54) is 5.56 Å². The van der Waals surface area contributed by atoms with Crippen molar-refractivity contribution in [3.8, 4) is 5.75 Å². The van der Waals surface area contributed by atoms with Crippen LogP contribution in [0.4, 0.5) is 0 Å². The SMILES string of the molecule is Brc1cc(CNCCCN2CCOCC2)cc(Br)c1OCc1ccccc1. The van der Waals surface area contributed by atoms with Gasteiger partial charge in [-0.25, -0.2) is 0 Å². The van der Waals surface area contributed by atoms with Gasteiger partial charge >= 0.3 is 0 Å². The van der Waals surface area contributed by atoms with Gasteiger partial charge in [0.2, 0.25) is 0 Å². The van der Waals surface area contributed by atoms with Crippen LogP contribution in [-0.2, 0) is 17.9 Å². The maximum atomic E-state index is 5.99. The Hall–Kier alpha value is -0.920. The maximum absolute atomic E-state index is 5.99. The quantitative estimate of drug-likeness (QED) is 0.513. The summed E-state index contributed by atoms with van der Waals surface area (Å²) in [5.74, 6) is 0.843. The molecule has 1 fully saturated rings. The lowest BCUT2D eigenvalue weighted by atomic mass is 10.2. The number of ether oxygens (including phenoxy) is 2. The van der Waals surface area contributed by atoms with Gasteiger partial charge in [-0.1, -0.05) is 30.3 Å². The second-order valence-corrected chi connectivity index (χ2v) is 8.36. The maximum Gasteiger partial charge on any atom is 0.148 e. The Morgan fingerprint density at radius 1 is 1.00 bits per heavy atom. The molecular weight excluding hydrogens is 472 g/mol. The summed E-state index contributed by atoms with van der Waals surface area (Å²) in [4.78, 5) is 2.47. The predicted molar refractivity (Wildman–Crippen MR) is 116 cm³/mol. The summed E-state index contributed by atoms with van der Waals surface area (Å²) in [5, 5.41) is 3.53. The zero-order chi connectivity index (χ0) is 18.9. The van der Waals surface area contributed by atoms with Crippen LogP contribution < -0.4 is 10.1 Å². The molecule has 6 heteroatoms. The standard InChI is InChI=1S/C21H26Br2N2O2/c22-19-13-18(15-24-7-4-8-25-9-11-26-12-10-25)14-20(23)21(19)27-16-17-5-2-1-3-6-17/h1-3,5-6,13-14,24H,4,7-12,15-16H2. The van der Waals surface area contributed by atoms with Crippen LogP contribution in [0.3, 0.4) is 0 Å². The molecule has 0 amide bonds. The van der Waals surface area contributed by atoms with Crippen molar-refractivity contribution in [1.82, 2.24) is 10.2 Å². The second kappa shape index (κ2) is 11.2. The van der Waals surface area contributed by atoms with Gasteiger partial charge < -0.3 is 14.8 Å². The molecule has 0 radical (unpaired) electrons. The van der Waals surface area contributed by atoms with Gasteiger partial charge in [-0.3, -0.25) is 4.90 Å². The Bertz CT molecular complexity index is 684. The summed E-state index contributed by atoms with van der Waals surface area (Å²) in [7, 11) is 0. The Labute approximate surface area is 178 Å². The van der Waals surface area contributed by atoms with Crippen molar-refractivity contribution in [3.05, 3.63) is 62.5 Å². The molecule has 1 aliphatic heterocycles. The number of nitrogens with one attached hydrogen (secondary N) is 1. The van der Waals surface area contributed by atoms with Crippen LogP contribution in [0.1, 0.15) is 17.5 Å². The van der Waals surface area contributed by atoms with E-state index in [-0.39, 0.29) is 0 Å². The Kier molecular flexibility index (Phi) is 8.61. The molecule has 0 atom stereocenters. The number of nitrogens with zero attached hydrogens (tertiary/aromatic N) is 1. The lowest BCUT2D eigenvalue weighted by molar-refractivity contribution is 0.0374. The predicted octanol–water partition coefficient (Wildman–Crippen LogP) is 4.60. The van der Waals surface area contributed by atoms with Crippen molar-refractivity contribution in [3.63, 3.8) is 0 Å². The fourth-order valence-electron chi connectivity index (χ4n) is 3.07. The number of morpholine rings is 1. The molecule has 27 heavy (non-hydrogen) atoms. The fourth-order valence-corrected chi connectivity index (χ4v) is 4.58. The van der Waals surface area contributed by atoms with Crippen LogP contribution in [0.2, 0.25) is 0 Å². The smallest absolute Gasteiger partial charge is 0.148 e. The number of halogens is 2. The Balaban J connectivity index is 1.43. The minimum atomic E-state index is 0.553. The van der Waals surface area contributed by atoms with E-state index in [4.69, 9.17) is 9.47 Å². The molecule has 0 saturated carbocycles. The average molecular weight is 498 g/mol. The third-order valence-corrected chi connectivity index (χ3v) is 5.72. The number of hydrogen-bond acceptors (Lipinski definition) is 4. The van der Waals surface area contributed by atoms with Crippen LogP contribution in [0, 0.1) is 0 Å². The normalized spacial score (nSPS) is 15.0. The number of hydrogen-bond donors (Lipinski definition) is 1. The highest BCUT2D eigenvalue weighted by Gasteiger charge is 2.11. The molecule has 4 nitrogen and oxygen atoms in total. The van der Waals surface area contributed by atoms with Crippen molar-refractivity contribution in [2.45, 2.75) is 19.6 Å². The largest absolute Gasteiger partial charge is 0.487 e. The third-order valence-electron chi connectivity index (χ3n) is 4.54. The van der Waals surface area contributed by atoms with E-state index in [0.29, 0.717) is 6.61 Å². The molecule has 1 N–H and O–H groups in total. The van der Waals surface area contributed by atoms with Gasteiger partial charge in [0, 0.05) is 19.6 Å². The van der Waals surface area contributed by atoms with E-state index in [0.717, 1.165) is 72.6 Å². The van der Waals surface area contributed by atoms with Crippen molar-refractivity contribution in [2.75, 3.05) is 39.4 Å². The molecule has 0 aromatic heterocycles. The molecule has 2 aromatic rings. The van der Waals surface area contributed by atoms with Crippen molar-refractivity contribution >= 4 is 31.9 Å². The Morgan fingerprint density at radius 2 is 1.70 bits per heavy atom. The molecule has 0 bridgehead atoms. The van der Waals surface area contributed by atoms with Crippen LogP contribution in [0.25, 0.3) is 0 Å². The van der Waals surface area contributed by atoms with E-state index >= 15 is 0 Å². The molecule has 1 heterocycles. The summed E-state index contributed by atoms with van der Waals surface area (Å²) in [6, 6.07) is 14.4. The van der Waals surface area contributed by atoms with Gasteiger partial charge in [-0.2, -0.15) is 0 Å². The van der Waals surface area contributed by atoms with Crippen LogP contribution in [0.5, 0.6) is 5.75 Å². The molecule has 0 unspecified atom stereocenters. The Morgan fingerprint density at radius 3 is 2.41 bits per heavy atom. The monoisotopic (exact) mass is 496 g/mol. The molecular formula is C21H26Br2N2O2. The highest BCUT2D eigenvalue weighted by atomic mass is 79.9. The first-order valence-corrected chi connectivity index (χ1v) is 11.0. The summed E-state index contributed by atoms with van der Waals surface area (Å²) in [6.45, 7) is 7.41. The zero-order valence-corrected chi connectivity index (χ0v) is 18.6. The molecule has 1 aliphatic rings. The van der Waals surface area contributed by atoms with Gasteiger partial charge in [0.05, 0.1) is 22.2 Å². The molecule has 1 saturated heterocycles. The number of benzene rings is 2. The molecule has 3 rings (SSSR count). The van der Waals surface area contributed by atoms with E-state index in [1.54, 1.807) is 0 Å². The van der Waals surface area contributed by atoms with Gasteiger partial charge in [0.1, 0.15) is 12.4 Å². The van der Waals surface area contributed by atoms with Crippen molar-refractivity contribution in [1.29, 1.82) is 0 Å². The van der Waals surface area contributed by atoms with Crippen molar-refractivity contribution < 1.29 is 9.47 Å². The van der Waals surface area contributed by atoms with Gasteiger partial charge in [0.15, 0.2) is 0 Å². The zero-order valence-electron chi connectivity index (χ0n) is 15.4. The minimum Gasteiger partial charge on any atom is -0.487 e. The first-order valence-electron chi connectivity index (χ1n) is 9.38. The summed E-state index contributed by atoms with van der Waals surface area (Å²) < 4.78 is 13.3. The van der Waals surface area contributed by atoms with E-state index in [1.807, 2.05) is 18.2 Å². The average Bonchev–Trinajstić information content (AvgIpc) is 2.69. The second-order valence-electron chi connectivity index (χ2n) is 6.65. The van der Waals surface area contributed by atoms with Gasteiger partial charge in [-0.15, -0.1) is 0 Å². The van der Waals surface area contributed by atoms with E-state index in [2.05, 4.69) is 66.3 Å². The van der Waals surface area contributed by atoms with Crippen LogP contribution >= 0.6 is 31.9 Å². The third kappa shape index (κ3) is 6.88. The minimum absolute atomic E-state index is 0.553. The number of rotatable bonds is 9. The highest BCUT2D eigenvalue weighted by Crippen LogP contribution is 2.35. The summed E-state index contributed by atoms with van der Waals surface area (Å²) in [5.41, 5.74) is 2.38. The van der Waals surface area contributed by atoms with Gasteiger partial charge in [-0.05, 0) is 74.6 Å². The molecule has 0 spiro atoms. The first-order chi connectivity index (χ1) is 13.2. The molecule has 2 aromatic carbocycles. The lowest BCUT2D eigenvalue weighted by Gasteiger charge is -2.26. The highest BCUT2D eigenvalue weighted by molar-refractivity contribution is 9.11. The van der Waals surface area contributed by atoms with Crippen LogP contribution in [-0.4, -0.2) is 44.3 Å². The lowest BCUT2D eigenvalue weighted by Crippen LogP contribution is -2.37. The van der Waals surface area contributed by atoms with E-state index in [9.17, 15) is 0 Å². The molecule has 146 valence electrons. The van der Waals surface area contributed by atoms with Gasteiger partial charge in [0.25, 0.3) is 0 Å². The first kappa shape index (κ1) is 20.8. The molecule has 0 aliphatic carbocycles. The fraction of sp³-hybridized carbons (Fsp3) is 0.429. The van der Waals surface area contributed by atoms with Crippen molar-refractivity contribution in [2.24, 2.45) is 0 Å². The summed E-state index contributed by atoms with van der Waals surface area (Å²) >= 11 is 7.29. The van der Waals surface area contributed by atoms with Crippen LogP contribution in [0.15, 0.2) is 51.4 Å². The topological polar surface area (TPSA) is 33.7 Å². The summed E-state index contributed by atoms with van der Waals surface area (Å²) in [6.07, 6.45) is 1.15. The van der Waals surface area contributed by atoms with E-state index < -0.39 is 0 Å².